The van der Waals surface area contributed by atoms with Crippen LogP contribution in [0.3, 0.4) is 0 Å². The zero-order valence-corrected chi connectivity index (χ0v) is 12.2. The molecule has 0 aliphatic heterocycles. The smallest absolute Gasteiger partial charge is 0.869 e. The van der Waals surface area contributed by atoms with Crippen molar-refractivity contribution in [1.82, 2.24) is 0 Å². The molecule has 0 saturated heterocycles. The van der Waals surface area contributed by atoms with Crippen LogP contribution in [0.4, 0.5) is 26.3 Å². The van der Waals surface area contributed by atoms with Gasteiger partial charge in [0.05, 0.1) is 0 Å². The minimum atomic E-state index is -4.92. The first-order chi connectivity index (χ1) is 8.67. The van der Waals surface area contributed by atoms with Crippen molar-refractivity contribution in [3.8, 4) is 0 Å². The Bertz CT molecular complexity index is 382. The number of allylic oxidation sites excluding steroid dienone is 4. The zero-order valence-electron chi connectivity index (χ0n) is 10.8. The molecule has 0 atom stereocenters. The van der Waals surface area contributed by atoms with Crippen LogP contribution >= 0.6 is 0 Å². The third-order valence-electron chi connectivity index (χ3n) is 1.23. The van der Waals surface area contributed by atoms with Gasteiger partial charge in [0.25, 0.3) is 0 Å². The molecular weight excluding hydrogens is 322 g/mol. The summed E-state index contributed by atoms with van der Waals surface area (Å²) in [7, 11) is 0. The number of hydrogen-bond donors (Lipinski definition) is 0. The number of carbonyl (C=O) groups is 2. The van der Waals surface area contributed by atoms with Gasteiger partial charge in [-0.25, -0.2) is 0 Å². The second kappa shape index (κ2) is 9.66. The van der Waals surface area contributed by atoms with Crippen molar-refractivity contribution in [2.45, 2.75) is 26.2 Å². The molecule has 0 fully saturated rings. The van der Waals surface area contributed by atoms with Gasteiger partial charge in [0, 0.05) is 0 Å². The first-order valence-corrected chi connectivity index (χ1v) is 4.61. The maximum atomic E-state index is 11.3. The molecule has 0 radical (unpaired) electrons. The van der Waals surface area contributed by atoms with Crippen LogP contribution in [0.15, 0.2) is 23.7 Å². The standard InChI is InChI=1S/2C5H5F3O2.Mg/c2*1-3(9)2-4(10)5(6,7)8;/h2*2,10H,1H3;/q;;+2/p-2/b2*4-2+;. The van der Waals surface area contributed by atoms with E-state index < -0.39 is 35.4 Å². The summed E-state index contributed by atoms with van der Waals surface area (Å²) < 4.78 is 67.7. The van der Waals surface area contributed by atoms with Gasteiger partial charge in [0.1, 0.15) is 0 Å². The van der Waals surface area contributed by atoms with Gasteiger partial charge in [-0.1, -0.05) is 0 Å². The van der Waals surface area contributed by atoms with Crippen LogP contribution in [0.1, 0.15) is 13.8 Å². The Morgan fingerprint density at radius 2 is 0.952 bits per heavy atom. The molecular formula is C10H8F6MgO4. The van der Waals surface area contributed by atoms with Crippen molar-refractivity contribution < 1.29 is 46.1 Å². The van der Waals surface area contributed by atoms with Crippen LogP contribution in [-0.4, -0.2) is 47.0 Å². The number of carbonyl (C=O) groups excluding carboxylic acids is 2. The fourth-order valence-electron chi connectivity index (χ4n) is 0.533. The molecule has 4 nitrogen and oxygen atoms in total. The largest absolute Gasteiger partial charge is 2.00 e. The Kier molecular flexibility index (Phi) is 11.4. The van der Waals surface area contributed by atoms with Crippen molar-refractivity contribution >= 4 is 34.6 Å². The molecule has 21 heavy (non-hydrogen) atoms. The summed E-state index contributed by atoms with van der Waals surface area (Å²) in [6.45, 7) is 1.76. The Labute approximate surface area is 131 Å². The van der Waals surface area contributed by atoms with E-state index in [9.17, 15) is 46.1 Å². The van der Waals surface area contributed by atoms with Gasteiger partial charge in [0.2, 0.25) is 0 Å². The maximum Gasteiger partial charge on any atom is 2.00 e. The molecule has 0 spiro atoms. The van der Waals surface area contributed by atoms with Crippen LogP contribution in [0.25, 0.3) is 0 Å². The van der Waals surface area contributed by atoms with Crippen molar-refractivity contribution in [1.29, 1.82) is 0 Å². The summed E-state index contributed by atoms with van der Waals surface area (Å²) in [6, 6.07) is 0. The van der Waals surface area contributed by atoms with E-state index in [0.29, 0.717) is 0 Å². The normalized spacial score (nSPS) is 12.8. The monoisotopic (exact) mass is 330 g/mol. The van der Waals surface area contributed by atoms with E-state index in [2.05, 4.69) is 0 Å². The van der Waals surface area contributed by atoms with E-state index in [4.69, 9.17) is 0 Å². The molecule has 0 amide bonds. The van der Waals surface area contributed by atoms with E-state index in [0.717, 1.165) is 13.8 Å². The van der Waals surface area contributed by atoms with E-state index >= 15 is 0 Å². The summed E-state index contributed by atoms with van der Waals surface area (Å²) >= 11 is 0. The molecule has 0 aromatic carbocycles. The van der Waals surface area contributed by atoms with Crippen molar-refractivity contribution in [2.75, 3.05) is 0 Å². The van der Waals surface area contributed by atoms with Crippen LogP contribution < -0.4 is 10.2 Å². The van der Waals surface area contributed by atoms with Gasteiger partial charge in [-0.2, -0.15) is 26.3 Å². The second-order valence-corrected chi connectivity index (χ2v) is 3.23. The van der Waals surface area contributed by atoms with Crippen LogP contribution in [0, 0.1) is 0 Å². The number of ketones is 2. The van der Waals surface area contributed by atoms with Crippen LogP contribution in [-0.2, 0) is 9.59 Å². The van der Waals surface area contributed by atoms with E-state index in [1.165, 1.54) is 0 Å². The van der Waals surface area contributed by atoms with Gasteiger partial charge in [-0.15, -0.1) is 0 Å². The Hall–Kier alpha value is -1.23. The van der Waals surface area contributed by atoms with E-state index in [1.807, 2.05) is 0 Å². The van der Waals surface area contributed by atoms with Crippen molar-refractivity contribution in [2.24, 2.45) is 0 Å². The number of rotatable bonds is 2. The molecule has 0 N–H and O–H groups in total. The summed E-state index contributed by atoms with van der Waals surface area (Å²) in [5.74, 6) is -6.02. The topological polar surface area (TPSA) is 80.3 Å². The Balaban J connectivity index is -0.000000295. The quantitative estimate of drug-likeness (QED) is 0.317. The number of alkyl halides is 6. The minimum Gasteiger partial charge on any atom is -0.869 e. The fraction of sp³-hybridized carbons (Fsp3) is 0.400. The zero-order chi connectivity index (χ0) is 16.7. The second-order valence-electron chi connectivity index (χ2n) is 3.23. The summed E-state index contributed by atoms with van der Waals surface area (Å²) in [6.07, 6.45) is -9.82. The molecule has 0 aromatic rings. The van der Waals surface area contributed by atoms with Crippen molar-refractivity contribution in [3.05, 3.63) is 23.7 Å². The molecule has 0 heterocycles. The maximum absolute atomic E-state index is 11.3. The number of halogens is 6. The molecule has 0 aromatic heterocycles. The average Bonchev–Trinajstić information content (AvgIpc) is 2.13. The number of hydrogen-bond acceptors (Lipinski definition) is 4. The third kappa shape index (κ3) is 15.0. The Morgan fingerprint density at radius 3 is 1.00 bits per heavy atom. The third-order valence-corrected chi connectivity index (χ3v) is 1.23. The molecule has 0 aliphatic rings. The average molecular weight is 330 g/mol. The minimum absolute atomic E-state index is 0. The molecule has 11 heteroatoms. The first kappa shape index (κ1) is 24.8. The fourth-order valence-corrected chi connectivity index (χ4v) is 0.533. The molecule has 0 unspecified atom stereocenters. The van der Waals surface area contributed by atoms with Gasteiger partial charge < -0.3 is 10.2 Å². The molecule has 116 valence electrons. The summed E-state index contributed by atoms with van der Waals surface area (Å²) in [5, 5.41) is 19.7. The van der Waals surface area contributed by atoms with Gasteiger partial charge in [-0.05, 0) is 37.5 Å². The predicted molar refractivity (Wildman–Crippen MR) is 55.4 cm³/mol. The van der Waals surface area contributed by atoms with Gasteiger partial charge in [0.15, 0.2) is 11.6 Å². The predicted octanol–water partition coefficient (Wildman–Crippen LogP) is 0.383. The first-order valence-electron chi connectivity index (χ1n) is 4.61. The van der Waals surface area contributed by atoms with Crippen LogP contribution in [0.2, 0.25) is 0 Å². The van der Waals surface area contributed by atoms with Gasteiger partial charge >= 0.3 is 35.4 Å². The summed E-state index contributed by atoms with van der Waals surface area (Å²) in [5.41, 5.74) is 0. The van der Waals surface area contributed by atoms with Crippen molar-refractivity contribution in [3.63, 3.8) is 0 Å². The molecule has 0 saturated carbocycles. The van der Waals surface area contributed by atoms with E-state index in [1.54, 1.807) is 0 Å². The molecule has 0 bridgehead atoms. The van der Waals surface area contributed by atoms with Gasteiger partial charge in [-0.3, -0.25) is 9.59 Å². The summed E-state index contributed by atoms with van der Waals surface area (Å²) in [4.78, 5) is 19.8. The van der Waals surface area contributed by atoms with E-state index in [-0.39, 0.29) is 35.2 Å². The molecule has 0 rings (SSSR count). The SMILES string of the molecule is CC(=O)/C=C(/[O-])C(F)(F)F.CC(=O)/C=C(/[O-])C(F)(F)F.[Mg+2]. The van der Waals surface area contributed by atoms with Crippen LogP contribution in [0.5, 0.6) is 0 Å². The Morgan fingerprint density at radius 1 is 0.762 bits per heavy atom. The molecule has 0 aliphatic carbocycles.